The van der Waals surface area contributed by atoms with Gasteiger partial charge in [0.2, 0.25) is 5.91 Å². The highest BCUT2D eigenvalue weighted by molar-refractivity contribution is 5.94. The summed E-state index contributed by atoms with van der Waals surface area (Å²) < 4.78 is 5.57. The van der Waals surface area contributed by atoms with E-state index in [2.05, 4.69) is 15.6 Å². The Morgan fingerprint density at radius 2 is 1.81 bits per heavy atom. The second-order valence-corrected chi connectivity index (χ2v) is 6.95. The van der Waals surface area contributed by atoms with Crippen LogP contribution in [0.3, 0.4) is 0 Å². The molecule has 2 aromatic rings. The van der Waals surface area contributed by atoms with E-state index < -0.39 is 12.1 Å². The van der Waals surface area contributed by atoms with Crippen LogP contribution in [-0.2, 0) is 9.59 Å². The average Bonchev–Trinajstić information content (AvgIpc) is 2.80. The predicted octanol–water partition coefficient (Wildman–Crippen LogP) is 1.24. The van der Waals surface area contributed by atoms with Gasteiger partial charge in [0.25, 0.3) is 12.4 Å². The predicted molar refractivity (Wildman–Crippen MR) is 112 cm³/mol. The van der Waals surface area contributed by atoms with E-state index in [1.807, 2.05) is 30.3 Å². The van der Waals surface area contributed by atoms with E-state index in [4.69, 9.17) is 14.6 Å². The molecule has 1 saturated carbocycles. The molecule has 3 atom stereocenters. The van der Waals surface area contributed by atoms with Crippen molar-refractivity contribution in [2.24, 2.45) is 5.92 Å². The van der Waals surface area contributed by atoms with E-state index in [0.29, 0.717) is 38.0 Å². The molecule has 0 aliphatic heterocycles. The van der Waals surface area contributed by atoms with Gasteiger partial charge in [-0.2, -0.15) is 0 Å². The fraction of sp³-hybridized carbons (Fsp3) is 0.364. The summed E-state index contributed by atoms with van der Waals surface area (Å²) in [5.74, 6) is 0.162. The fourth-order valence-electron chi connectivity index (χ4n) is 3.31. The van der Waals surface area contributed by atoms with E-state index in [9.17, 15) is 14.7 Å². The average molecular weight is 429 g/mol. The van der Waals surface area contributed by atoms with Gasteiger partial charge in [-0.3, -0.25) is 19.4 Å². The molecule has 3 rings (SSSR count). The molecule has 0 saturated heterocycles. The smallest absolute Gasteiger partial charge is 0.290 e. The maximum atomic E-state index is 12.4. The number of nitrogens with one attached hydrogen (secondary N) is 2. The van der Waals surface area contributed by atoms with Crippen molar-refractivity contribution in [3.05, 3.63) is 60.4 Å². The number of nitrogens with zero attached hydrogens (tertiary/aromatic N) is 1. The monoisotopic (exact) mass is 429 g/mol. The number of carbonyl (C=O) groups excluding carboxylic acids is 2. The largest absolute Gasteiger partial charge is 0.492 e. The summed E-state index contributed by atoms with van der Waals surface area (Å²) >= 11 is 0. The van der Waals surface area contributed by atoms with E-state index in [0.717, 1.165) is 5.75 Å². The van der Waals surface area contributed by atoms with Crippen LogP contribution in [0.5, 0.6) is 5.75 Å². The summed E-state index contributed by atoms with van der Waals surface area (Å²) in [6.07, 6.45) is 3.90. The van der Waals surface area contributed by atoms with E-state index in [1.165, 1.54) is 0 Å². The van der Waals surface area contributed by atoms with Crippen LogP contribution in [0, 0.1) is 5.92 Å². The number of hydrogen-bond acceptors (Lipinski definition) is 6. The van der Waals surface area contributed by atoms with Gasteiger partial charge in [0.1, 0.15) is 12.4 Å². The summed E-state index contributed by atoms with van der Waals surface area (Å²) in [4.78, 5) is 37.0. The van der Waals surface area contributed by atoms with Crippen LogP contribution in [0.25, 0.3) is 0 Å². The molecule has 1 aliphatic rings. The lowest BCUT2D eigenvalue weighted by Gasteiger charge is -2.33. The molecular formula is C22H27N3O6. The molecule has 9 nitrogen and oxygen atoms in total. The molecule has 0 radical (unpaired) electrons. The normalized spacial score (nSPS) is 19.8. The van der Waals surface area contributed by atoms with Crippen LogP contribution < -0.4 is 15.4 Å². The van der Waals surface area contributed by atoms with E-state index >= 15 is 0 Å². The van der Waals surface area contributed by atoms with E-state index in [1.54, 1.807) is 24.5 Å². The van der Waals surface area contributed by atoms with Crippen molar-refractivity contribution < 1.29 is 29.3 Å². The molecule has 166 valence electrons. The van der Waals surface area contributed by atoms with Gasteiger partial charge in [0.15, 0.2) is 0 Å². The molecule has 0 bridgehead atoms. The Balaban J connectivity index is 0.00000107. The van der Waals surface area contributed by atoms with Gasteiger partial charge in [-0.15, -0.1) is 0 Å². The van der Waals surface area contributed by atoms with Crippen LogP contribution in [0.1, 0.15) is 29.6 Å². The number of aromatic nitrogens is 1. The Labute approximate surface area is 180 Å². The third kappa shape index (κ3) is 8.06. The summed E-state index contributed by atoms with van der Waals surface area (Å²) in [7, 11) is 0. The molecule has 1 heterocycles. The van der Waals surface area contributed by atoms with Gasteiger partial charge in [0.05, 0.1) is 18.7 Å². The number of rotatable bonds is 7. The first-order valence-electron chi connectivity index (χ1n) is 9.97. The Kier molecular flexibility index (Phi) is 9.96. The lowest BCUT2D eigenvalue weighted by molar-refractivity contribution is -0.127. The Hall–Kier alpha value is -3.46. The number of para-hydroxylation sites is 1. The summed E-state index contributed by atoms with van der Waals surface area (Å²) in [6.45, 7) is 0.536. The highest BCUT2D eigenvalue weighted by Gasteiger charge is 2.33. The number of benzene rings is 1. The van der Waals surface area contributed by atoms with Crippen molar-refractivity contribution in [2.45, 2.75) is 31.4 Å². The van der Waals surface area contributed by atoms with Crippen LogP contribution in [0.4, 0.5) is 0 Å². The SMILES string of the molecule is O=C(N[C@@H]1C[C@@H](C(=O)NCCOc2ccccc2)CC[C@H]1O)c1ccncc1.O=CO. The Morgan fingerprint density at radius 3 is 2.48 bits per heavy atom. The number of hydrogen-bond donors (Lipinski definition) is 4. The molecule has 4 N–H and O–H groups in total. The molecule has 1 aromatic heterocycles. The van der Waals surface area contributed by atoms with Crippen LogP contribution >= 0.6 is 0 Å². The third-order valence-electron chi connectivity index (χ3n) is 4.86. The lowest BCUT2D eigenvalue weighted by Crippen LogP contribution is -2.49. The zero-order valence-electron chi connectivity index (χ0n) is 17.0. The molecule has 0 spiro atoms. The van der Waals surface area contributed by atoms with E-state index in [-0.39, 0.29) is 24.2 Å². The summed E-state index contributed by atoms with van der Waals surface area (Å²) in [5.41, 5.74) is 0.479. The standard InChI is InChI=1S/C21H25N3O4.CH2O2/c25-19-7-6-16(14-18(19)24-21(27)15-8-10-22-11-9-15)20(26)23-12-13-28-17-4-2-1-3-5-17;2-1-3/h1-5,8-11,16,18-19,25H,6-7,12-14H2,(H,23,26)(H,24,27);1H,(H,2,3)/t16-,18+,19+;/m0./s1. The molecule has 1 fully saturated rings. The molecule has 1 aromatic carbocycles. The number of aliphatic hydroxyl groups is 1. The molecule has 9 heteroatoms. The highest BCUT2D eigenvalue weighted by Crippen LogP contribution is 2.25. The number of pyridine rings is 1. The van der Waals surface area contributed by atoms with Crippen LogP contribution in [0.2, 0.25) is 0 Å². The first-order valence-corrected chi connectivity index (χ1v) is 9.97. The quantitative estimate of drug-likeness (QED) is 0.384. The highest BCUT2D eigenvalue weighted by atomic mass is 16.5. The van der Waals surface area contributed by atoms with Crippen LogP contribution in [-0.4, -0.2) is 58.8 Å². The number of amides is 2. The zero-order chi connectivity index (χ0) is 22.5. The van der Waals surface area contributed by atoms with Gasteiger partial charge in [0, 0.05) is 23.9 Å². The number of carboxylic acid groups (broad SMARTS) is 1. The molecule has 31 heavy (non-hydrogen) atoms. The number of carbonyl (C=O) groups is 3. The topological polar surface area (TPSA) is 138 Å². The van der Waals surface area contributed by atoms with Gasteiger partial charge >= 0.3 is 0 Å². The zero-order valence-corrected chi connectivity index (χ0v) is 17.0. The van der Waals surface area contributed by atoms with Crippen molar-refractivity contribution in [1.29, 1.82) is 0 Å². The molecular weight excluding hydrogens is 402 g/mol. The Bertz CT molecular complexity index is 819. The van der Waals surface area contributed by atoms with Crippen molar-refractivity contribution in [2.75, 3.05) is 13.2 Å². The second-order valence-electron chi connectivity index (χ2n) is 6.95. The minimum absolute atomic E-state index is 0.0771. The lowest BCUT2D eigenvalue weighted by atomic mass is 9.83. The summed E-state index contributed by atoms with van der Waals surface area (Å²) in [5, 5.41) is 22.8. The van der Waals surface area contributed by atoms with Gasteiger partial charge in [-0.25, -0.2) is 0 Å². The van der Waals surface area contributed by atoms with Gasteiger partial charge in [-0.1, -0.05) is 18.2 Å². The first-order chi connectivity index (χ1) is 15.0. The maximum absolute atomic E-state index is 12.4. The van der Waals surface area contributed by atoms with Gasteiger partial charge < -0.3 is 25.6 Å². The maximum Gasteiger partial charge on any atom is 0.290 e. The van der Waals surface area contributed by atoms with Crippen molar-refractivity contribution in [3.8, 4) is 5.75 Å². The van der Waals surface area contributed by atoms with Crippen molar-refractivity contribution >= 4 is 18.3 Å². The Morgan fingerprint density at radius 1 is 1.13 bits per heavy atom. The number of ether oxygens (including phenoxy) is 1. The minimum atomic E-state index is -0.656. The fourth-order valence-corrected chi connectivity index (χ4v) is 3.31. The molecule has 0 unspecified atom stereocenters. The number of aliphatic hydroxyl groups excluding tert-OH is 1. The second kappa shape index (κ2) is 13.0. The third-order valence-corrected chi connectivity index (χ3v) is 4.86. The van der Waals surface area contributed by atoms with Gasteiger partial charge in [-0.05, 0) is 43.5 Å². The summed E-state index contributed by atoms with van der Waals surface area (Å²) in [6, 6.07) is 12.2. The van der Waals surface area contributed by atoms with Crippen molar-refractivity contribution in [1.82, 2.24) is 15.6 Å². The first kappa shape index (κ1) is 23.8. The minimum Gasteiger partial charge on any atom is -0.492 e. The van der Waals surface area contributed by atoms with Crippen LogP contribution in [0.15, 0.2) is 54.9 Å². The molecule has 2 amide bonds. The molecule has 1 aliphatic carbocycles. The van der Waals surface area contributed by atoms with Crippen molar-refractivity contribution in [3.63, 3.8) is 0 Å².